The van der Waals surface area contributed by atoms with Gasteiger partial charge in [0.2, 0.25) is 0 Å². The third-order valence-electron chi connectivity index (χ3n) is 2.09. The van der Waals surface area contributed by atoms with E-state index in [0.717, 1.165) is 5.57 Å². The predicted octanol–water partition coefficient (Wildman–Crippen LogP) is 1.44. The molecule has 0 atom stereocenters. The first-order valence-electron chi connectivity index (χ1n) is 4.25. The van der Waals surface area contributed by atoms with E-state index in [4.69, 9.17) is 0 Å². The van der Waals surface area contributed by atoms with Crippen LogP contribution < -0.4 is 0 Å². The zero-order valence-corrected chi connectivity index (χ0v) is 7.94. The molecule has 0 saturated heterocycles. The van der Waals surface area contributed by atoms with E-state index in [0.29, 0.717) is 5.56 Å². The number of esters is 1. The molecule has 0 aliphatic heterocycles. The molecule has 1 aromatic carbocycles. The molecule has 1 aromatic rings. The second kappa shape index (κ2) is 3.19. The Kier molecular flexibility index (Phi) is 1.99. The molecule has 0 spiro atoms. The minimum atomic E-state index is -0.769. The summed E-state index contributed by atoms with van der Waals surface area (Å²) < 4.78 is 4.42. The lowest BCUT2D eigenvalue weighted by molar-refractivity contribution is 0.0594. The molecule has 4 nitrogen and oxygen atoms in total. The maximum Gasteiger partial charge on any atom is 0.345 e. The second-order valence-electron chi connectivity index (χ2n) is 3.08. The highest BCUT2D eigenvalue weighted by molar-refractivity contribution is 5.97. The van der Waals surface area contributed by atoms with E-state index in [9.17, 15) is 15.0 Å². The summed E-state index contributed by atoms with van der Waals surface area (Å²) in [4.78, 5) is 11.2. The molecule has 76 valence electrons. The van der Waals surface area contributed by atoms with Crippen LogP contribution in [0.4, 0.5) is 0 Å². The standard InChI is InChI=1S/C11H8O4/c1-15-11(14)10-8(12)4-7(5-9(10)13)6-2-3-6/h2,4-5,12-13H,1H3. The lowest BCUT2D eigenvalue weighted by Gasteiger charge is -2.06. The van der Waals surface area contributed by atoms with E-state index in [1.165, 1.54) is 19.2 Å². The summed E-state index contributed by atoms with van der Waals surface area (Å²) >= 11 is 0. The van der Waals surface area contributed by atoms with E-state index < -0.39 is 5.97 Å². The van der Waals surface area contributed by atoms with Gasteiger partial charge in [0, 0.05) is 5.57 Å². The van der Waals surface area contributed by atoms with Crippen molar-refractivity contribution in [1.29, 1.82) is 0 Å². The highest BCUT2D eigenvalue weighted by Crippen LogP contribution is 2.34. The zero-order valence-electron chi connectivity index (χ0n) is 7.94. The topological polar surface area (TPSA) is 66.8 Å². The largest absolute Gasteiger partial charge is 0.507 e. The summed E-state index contributed by atoms with van der Waals surface area (Å²) in [6, 6.07) is 2.77. The van der Waals surface area contributed by atoms with Crippen LogP contribution in [-0.4, -0.2) is 23.3 Å². The molecule has 0 fully saturated rings. The average molecular weight is 204 g/mol. The van der Waals surface area contributed by atoms with E-state index >= 15 is 0 Å². The maximum absolute atomic E-state index is 11.2. The van der Waals surface area contributed by atoms with Gasteiger partial charge in [0.05, 0.1) is 7.11 Å². The van der Waals surface area contributed by atoms with Crippen molar-refractivity contribution in [3.63, 3.8) is 0 Å². The smallest absolute Gasteiger partial charge is 0.345 e. The molecule has 0 heterocycles. The fourth-order valence-electron chi connectivity index (χ4n) is 1.28. The molecule has 2 N–H and O–H groups in total. The minimum absolute atomic E-state index is 0.220. The van der Waals surface area contributed by atoms with Crippen LogP contribution in [0.1, 0.15) is 15.9 Å². The van der Waals surface area contributed by atoms with Crippen LogP contribution in [0.15, 0.2) is 23.9 Å². The Morgan fingerprint density at radius 3 is 2.27 bits per heavy atom. The summed E-state index contributed by atoms with van der Waals surface area (Å²) in [5, 5.41) is 19.1. The summed E-state index contributed by atoms with van der Waals surface area (Å²) in [6.45, 7) is 0. The van der Waals surface area contributed by atoms with Crippen molar-refractivity contribution in [1.82, 2.24) is 0 Å². The molecule has 0 saturated carbocycles. The Labute approximate surface area is 85.7 Å². The average Bonchev–Trinajstić information content (AvgIpc) is 2.99. The molecule has 1 aliphatic rings. The summed E-state index contributed by atoms with van der Waals surface area (Å²) in [7, 11) is 1.18. The molecule has 0 amide bonds. The van der Waals surface area contributed by atoms with E-state index in [2.05, 4.69) is 10.5 Å². The molecule has 0 aromatic heterocycles. The van der Waals surface area contributed by atoms with Gasteiger partial charge >= 0.3 is 5.97 Å². The van der Waals surface area contributed by atoms with Crippen molar-refractivity contribution in [3.05, 3.63) is 35.1 Å². The van der Waals surface area contributed by atoms with Crippen LogP contribution in [0.5, 0.6) is 11.5 Å². The van der Waals surface area contributed by atoms with Crippen molar-refractivity contribution in [2.45, 2.75) is 0 Å². The number of carbonyl (C=O) groups is 1. The fourth-order valence-corrected chi connectivity index (χ4v) is 1.28. The van der Waals surface area contributed by atoms with Gasteiger partial charge in [0.1, 0.15) is 17.1 Å². The third kappa shape index (κ3) is 1.58. The van der Waals surface area contributed by atoms with Crippen LogP contribution >= 0.6 is 0 Å². The SMILES string of the molecule is COC(=O)c1c(O)cc(C2=C=C2)cc1O. The number of carbonyl (C=O) groups excluding carboxylic acids is 1. The zero-order chi connectivity index (χ0) is 11.0. The number of methoxy groups -OCH3 is 1. The van der Waals surface area contributed by atoms with Crippen LogP contribution in [-0.2, 0) is 4.74 Å². The van der Waals surface area contributed by atoms with Gasteiger partial charge in [-0.15, -0.1) is 5.73 Å². The summed E-state index contributed by atoms with van der Waals surface area (Å²) in [5.41, 5.74) is 4.03. The normalized spacial score (nSPS) is 12.2. The third-order valence-corrected chi connectivity index (χ3v) is 2.09. The molecular weight excluding hydrogens is 196 g/mol. The maximum atomic E-state index is 11.2. The minimum Gasteiger partial charge on any atom is -0.507 e. The van der Waals surface area contributed by atoms with Crippen LogP contribution in [0.25, 0.3) is 5.57 Å². The number of allylic oxidation sites excluding steroid dienone is 1. The summed E-state index contributed by atoms with van der Waals surface area (Å²) in [6.07, 6.45) is 1.71. The number of aromatic hydroxyl groups is 2. The van der Waals surface area contributed by atoms with E-state index in [1.54, 1.807) is 6.08 Å². The van der Waals surface area contributed by atoms with Crippen molar-refractivity contribution >= 4 is 11.5 Å². The van der Waals surface area contributed by atoms with Crippen LogP contribution in [0.2, 0.25) is 0 Å². The van der Waals surface area contributed by atoms with Crippen molar-refractivity contribution in [2.24, 2.45) is 0 Å². The number of benzene rings is 1. The Morgan fingerprint density at radius 2 is 1.87 bits per heavy atom. The van der Waals surface area contributed by atoms with E-state index in [-0.39, 0.29) is 17.1 Å². The van der Waals surface area contributed by atoms with Gasteiger partial charge in [0.25, 0.3) is 0 Å². The Morgan fingerprint density at radius 1 is 1.33 bits per heavy atom. The monoisotopic (exact) mass is 204 g/mol. The molecule has 2 rings (SSSR count). The molecule has 1 aliphatic carbocycles. The molecular formula is C11H8O4. The molecule has 0 radical (unpaired) electrons. The Balaban J connectivity index is 2.48. The number of hydrogen-bond donors (Lipinski definition) is 2. The Hall–Kier alpha value is -2.19. The predicted molar refractivity (Wildman–Crippen MR) is 52.6 cm³/mol. The molecule has 0 unspecified atom stereocenters. The Bertz CT molecular complexity index is 484. The highest BCUT2D eigenvalue weighted by Gasteiger charge is 2.19. The number of ether oxygens (including phenoxy) is 1. The number of rotatable bonds is 2. The lowest BCUT2D eigenvalue weighted by Crippen LogP contribution is -2.02. The van der Waals surface area contributed by atoms with Gasteiger partial charge < -0.3 is 14.9 Å². The highest BCUT2D eigenvalue weighted by atomic mass is 16.5. The molecule has 4 heteroatoms. The van der Waals surface area contributed by atoms with Gasteiger partial charge in [-0.25, -0.2) is 4.79 Å². The number of phenolic OH excluding ortho intramolecular Hbond substituents is 2. The summed E-state index contributed by atoms with van der Waals surface area (Å²) in [5.74, 6) is -1.37. The number of hydrogen-bond acceptors (Lipinski definition) is 4. The van der Waals surface area contributed by atoms with Gasteiger partial charge in [0.15, 0.2) is 0 Å². The fraction of sp³-hybridized carbons (Fsp3) is 0.0909. The van der Waals surface area contributed by atoms with Crippen molar-refractivity contribution in [2.75, 3.05) is 7.11 Å². The number of phenols is 2. The van der Waals surface area contributed by atoms with Gasteiger partial charge in [-0.05, 0) is 23.8 Å². The van der Waals surface area contributed by atoms with Crippen LogP contribution in [0.3, 0.4) is 0 Å². The molecule has 15 heavy (non-hydrogen) atoms. The van der Waals surface area contributed by atoms with Gasteiger partial charge in [-0.1, -0.05) is 0 Å². The first-order chi connectivity index (χ1) is 7.13. The first kappa shape index (κ1) is 9.37. The van der Waals surface area contributed by atoms with Crippen LogP contribution in [0, 0.1) is 0 Å². The second-order valence-corrected chi connectivity index (χ2v) is 3.08. The van der Waals surface area contributed by atoms with Gasteiger partial charge in [-0.2, -0.15) is 0 Å². The molecule has 0 bridgehead atoms. The lowest BCUT2D eigenvalue weighted by atomic mass is 10.1. The van der Waals surface area contributed by atoms with Crippen molar-refractivity contribution < 1.29 is 19.7 Å². The quantitative estimate of drug-likeness (QED) is 0.565. The van der Waals surface area contributed by atoms with Crippen molar-refractivity contribution in [3.8, 4) is 11.5 Å². The first-order valence-corrected chi connectivity index (χ1v) is 4.25. The van der Waals surface area contributed by atoms with Gasteiger partial charge in [-0.3, -0.25) is 0 Å². The van der Waals surface area contributed by atoms with E-state index in [1.807, 2.05) is 0 Å².